The number of pyridine rings is 2. The molecule has 0 saturated heterocycles. The number of hydrogen-bond donors (Lipinski definition) is 1. The van der Waals surface area contributed by atoms with Crippen molar-refractivity contribution in [1.82, 2.24) is 9.97 Å². The zero-order chi connectivity index (χ0) is 17.1. The third-order valence-electron chi connectivity index (χ3n) is 3.56. The molecule has 24 heavy (non-hydrogen) atoms. The van der Waals surface area contributed by atoms with Crippen molar-refractivity contribution in [1.29, 1.82) is 0 Å². The molecule has 0 radical (unpaired) electrons. The van der Waals surface area contributed by atoms with Crippen molar-refractivity contribution in [2.75, 3.05) is 0 Å². The van der Waals surface area contributed by atoms with Gasteiger partial charge in [0, 0.05) is 33.6 Å². The molecule has 3 rings (SSSR count). The number of aromatic nitrogens is 2. The van der Waals surface area contributed by atoms with E-state index in [2.05, 4.69) is 15.0 Å². The van der Waals surface area contributed by atoms with E-state index in [1.165, 1.54) is 18.5 Å². The van der Waals surface area contributed by atoms with Crippen LogP contribution in [0.15, 0.2) is 53.7 Å². The van der Waals surface area contributed by atoms with Gasteiger partial charge in [0.15, 0.2) is 5.82 Å². The second-order valence-corrected chi connectivity index (χ2v) is 5.54. The second-order valence-electron chi connectivity index (χ2n) is 5.10. The van der Waals surface area contributed by atoms with E-state index in [0.717, 1.165) is 16.8 Å². The molecule has 0 atom stereocenters. The molecule has 2 heterocycles. The largest absolute Gasteiger partial charge is 0.390 e. The van der Waals surface area contributed by atoms with Crippen LogP contribution in [0.5, 0.6) is 0 Å². The molecule has 0 spiro atoms. The van der Waals surface area contributed by atoms with Crippen molar-refractivity contribution < 1.29 is 4.39 Å². The Labute approximate surface area is 143 Å². The lowest BCUT2D eigenvalue weighted by molar-refractivity contribution is 0.631. The van der Waals surface area contributed by atoms with Gasteiger partial charge in [-0.2, -0.15) is 0 Å². The molecule has 0 unspecified atom stereocenters. The fourth-order valence-corrected chi connectivity index (χ4v) is 2.67. The second kappa shape index (κ2) is 6.76. The summed E-state index contributed by atoms with van der Waals surface area (Å²) in [6.45, 7) is 1.86. The number of nitrogens with zero attached hydrogens (tertiary/aromatic N) is 3. The summed E-state index contributed by atoms with van der Waals surface area (Å²) in [5.41, 5.74) is 8.51. The molecule has 2 aromatic heterocycles. The summed E-state index contributed by atoms with van der Waals surface area (Å²) in [7, 11) is 0. The first kappa shape index (κ1) is 16.1. The van der Waals surface area contributed by atoms with Gasteiger partial charge in [-0.15, -0.1) is 0 Å². The number of nitrogens with two attached hydrogens (primary N) is 1. The Morgan fingerprint density at radius 2 is 1.96 bits per heavy atom. The molecule has 0 aliphatic rings. The topological polar surface area (TPSA) is 64.2 Å². The molecule has 1 aromatic carbocycles. The van der Waals surface area contributed by atoms with Gasteiger partial charge in [0.05, 0.1) is 12.0 Å². The van der Waals surface area contributed by atoms with E-state index >= 15 is 0 Å². The van der Waals surface area contributed by atoms with E-state index in [4.69, 9.17) is 17.3 Å². The standard InChI is InChI=1S/C18H14ClFN4/c1-11-13(5-7-17(24-11)23-10-21)14-3-2-8-22-18(14)15-9-12(19)4-6-16(15)20/h2-10H,1H3,(H2,21,23,24). The number of aliphatic imine (C=N–C) groups is 1. The number of benzene rings is 1. The normalized spacial score (nSPS) is 11.1. The third kappa shape index (κ3) is 3.12. The number of rotatable bonds is 3. The fourth-order valence-electron chi connectivity index (χ4n) is 2.50. The van der Waals surface area contributed by atoms with Crippen LogP contribution >= 0.6 is 11.6 Å². The quantitative estimate of drug-likeness (QED) is 0.562. The predicted octanol–water partition coefficient (Wildman–Crippen LogP) is 4.53. The molecule has 120 valence electrons. The van der Waals surface area contributed by atoms with Crippen LogP contribution in [0.2, 0.25) is 5.02 Å². The highest BCUT2D eigenvalue weighted by Crippen LogP contribution is 2.34. The minimum atomic E-state index is -0.380. The zero-order valence-electron chi connectivity index (χ0n) is 12.9. The van der Waals surface area contributed by atoms with Gasteiger partial charge in [-0.25, -0.2) is 14.4 Å². The van der Waals surface area contributed by atoms with E-state index in [0.29, 0.717) is 22.1 Å². The third-order valence-corrected chi connectivity index (χ3v) is 3.79. The Morgan fingerprint density at radius 1 is 1.12 bits per heavy atom. The van der Waals surface area contributed by atoms with Crippen LogP contribution in [-0.2, 0) is 0 Å². The van der Waals surface area contributed by atoms with Crippen LogP contribution in [0.25, 0.3) is 22.4 Å². The smallest absolute Gasteiger partial charge is 0.153 e. The first-order valence-corrected chi connectivity index (χ1v) is 7.60. The van der Waals surface area contributed by atoms with E-state index in [1.54, 1.807) is 24.4 Å². The average Bonchev–Trinajstić information content (AvgIpc) is 2.58. The summed E-state index contributed by atoms with van der Waals surface area (Å²) in [5, 5.41) is 0.450. The minimum absolute atomic E-state index is 0.349. The SMILES string of the molecule is Cc1nc(N=CN)ccc1-c1cccnc1-c1cc(Cl)ccc1F. The molecule has 0 fully saturated rings. The number of hydrogen-bond acceptors (Lipinski definition) is 3. The van der Waals surface area contributed by atoms with E-state index < -0.39 is 0 Å². The molecule has 0 bridgehead atoms. The Morgan fingerprint density at radius 3 is 2.71 bits per heavy atom. The lowest BCUT2D eigenvalue weighted by Gasteiger charge is -2.12. The molecule has 0 amide bonds. The molecule has 6 heteroatoms. The van der Waals surface area contributed by atoms with Crippen molar-refractivity contribution in [2.24, 2.45) is 10.7 Å². The van der Waals surface area contributed by atoms with Gasteiger partial charge in [-0.05, 0) is 43.3 Å². The summed E-state index contributed by atoms with van der Waals surface area (Å²) in [6.07, 6.45) is 2.81. The zero-order valence-corrected chi connectivity index (χ0v) is 13.6. The van der Waals surface area contributed by atoms with Crippen LogP contribution < -0.4 is 5.73 Å². The fraction of sp³-hybridized carbons (Fsp3) is 0.0556. The first-order chi connectivity index (χ1) is 11.6. The number of aryl methyl sites for hydroxylation is 1. The lowest BCUT2D eigenvalue weighted by atomic mass is 9.98. The Bertz CT molecular complexity index is 925. The average molecular weight is 341 g/mol. The van der Waals surface area contributed by atoms with Gasteiger partial charge in [-0.1, -0.05) is 17.7 Å². The molecule has 0 aliphatic carbocycles. The van der Waals surface area contributed by atoms with E-state index in [1.807, 2.05) is 19.1 Å². The van der Waals surface area contributed by atoms with Gasteiger partial charge in [-0.3, -0.25) is 4.98 Å². The first-order valence-electron chi connectivity index (χ1n) is 7.23. The maximum absolute atomic E-state index is 14.3. The molecular weight excluding hydrogens is 327 g/mol. The van der Waals surface area contributed by atoms with Gasteiger partial charge in [0.2, 0.25) is 0 Å². The van der Waals surface area contributed by atoms with Gasteiger partial charge < -0.3 is 5.73 Å². The summed E-state index contributed by atoms with van der Waals surface area (Å²) in [5.74, 6) is 0.132. The lowest BCUT2D eigenvalue weighted by Crippen LogP contribution is -1.95. The van der Waals surface area contributed by atoms with Gasteiger partial charge >= 0.3 is 0 Å². The summed E-state index contributed by atoms with van der Waals surface area (Å²) in [6, 6.07) is 11.7. The van der Waals surface area contributed by atoms with Crippen molar-refractivity contribution >= 4 is 23.8 Å². The minimum Gasteiger partial charge on any atom is -0.390 e. The van der Waals surface area contributed by atoms with Gasteiger partial charge in [0.25, 0.3) is 0 Å². The molecule has 4 nitrogen and oxygen atoms in total. The Kier molecular flexibility index (Phi) is 4.53. The van der Waals surface area contributed by atoms with Crippen molar-refractivity contribution in [3.63, 3.8) is 0 Å². The molecule has 3 aromatic rings. The monoisotopic (exact) mass is 340 g/mol. The van der Waals surface area contributed by atoms with E-state index in [9.17, 15) is 4.39 Å². The molecule has 0 saturated carbocycles. The predicted molar refractivity (Wildman–Crippen MR) is 94.9 cm³/mol. The van der Waals surface area contributed by atoms with Gasteiger partial charge in [0.1, 0.15) is 5.82 Å². The highest BCUT2D eigenvalue weighted by Gasteiger charge is 2.15. The van der Waals surface area contributed by atoms with Crippen LogP contribution in [0.4, 0.5) is 10.2 Å². The Hall–Kier alpha value is -2.79. The van der Waals surface area contributed by atoms with Crippen molar-refractivity contribution in [3.8, 4) is 22.4 Å². The summed E-state index contributed by atoms with van der Waals surface area (Å²) in [4.78, 5) is 12.7. The summed E-state index contributed by atoms with van der Waals surface area (Å²) >= 11 is 6.02. The molecular formula is C18H14ClFN4. The van der Waals surface area contributed by atoms with Crippen molar-refractivity contribution in [3.05, 3.63) is 65.2 Å². The maximum atomic E-state index is 14.3. The maximum Gasteiger partial charge on any atom is 0.153 e. The van der Waals surface area contributed by atoms with Crippen molar-refractivity contribution in [2.45, 2.75) is 6.92 Å². The molecule has 0 aliphatic heterocycles. The molecule has 2 N–H and O–H groups in total. The van der Waals surface area contributed by atoms with Crippen LogP contribution in [0.3, 0.4) is 0 Å². The Balaban J connectivity index is 2.19. The summed E-state index contributed by atoms with van der Waals surface area (Å²) < 4.78 is 14.3. The van der Waals surface area contributed by atoms with Crippen LogP contribution in [0.1, 0.15) is 5.69 Å². The van der Waals surface area contributed by atoms with Crippen LogP contribution in [-0.4, -0.2) is 16.3 Å². The highest BCUT2D eigenvalue weighted by molar-refractivity contribution is 6.30. The van der Waals surface area contributed by atoms with Crippen LogP contribution in [0, 0.1) is 12.7 Å². The highest BCUT2D eigenvalue weighted by atomic mass is 35.5. The van der Waals surface area contributed by atoms with E-state index in [-0.39, 0.29) is 5.82 Å². The number of halogens is 2.